The van der Waals surface area contributed by atoms with Gasteiger partial charge in [0.25, 0.3) is 16.7 Å². The van der Waals surface area contributed by atoms with Gasteiger partial charge in [0.05, 0.1) is 12.3 Å². The maximum Gasteiger partial charge on any atom is 0.330 e. The monoisotopic (exact) mass is 459 g/mol. The number of carbonyl (C=O) groups is 3. The third kappa shape index (κ3) is 4.62. The average Bonchev–Trinajstić information content (AvgIpc) is 3.08. The standard InChI is InChI=1S/C21H25N5O5S/c1-3-5-9-25-17(22)16(18(28)23-20(25)30)24(4-2)19(29)14-8-6-7-13(10-14)11-26-15(27)12-32-21(26)31/h6-8,10H,3-5,9,11-12,22H2,1-2H3,(H,23,28,30). The van der Waals surface area contributed by atoms with Crippen LogP contribution in [0.3, 0.4) is 0 Å². The first-order valence-corrected chi connectivity index (χ1v) is 11.3. The number of hydrogen-bond acceptors (Lipinski definition) is 7. The van der Waals surface area contributed by atoms with Crippen LogP contribution in [0.25, 0.3) is 0 Å². The highest BCUT2D eigenvalue weighted by Crippen LogP contribution is 2.23. The molecule has 0 unspecified atom stereocenters. The summed E-state index contributed by atoms with van der Waals surface area (Å²) in [7, 11) is 0. The van der Waals surface area contributed by atoms with Gasteiger partial charge in [-0.05, 0) is 31.0 Å². The van der Waals surface area contributed by atoms with Crippen LogP contribution in [0.15, 0.2) is 33.9 Å². The quantitative estimate of drug-likeness (QED) is 0.613. The van der Waals surface area contributed by atoms with Gasteiger partial charge in [-0.2, -0.15) is 0 Å². The van der Waals surface area contributed by atoms with Gasteiger partial charge in [0.1, 0.15) is 5.82 Å². The molecule has 0 radical (unpaired) electrons. The zero-order chi connectivity index (χ0) is 23.4. The first-order chi connectivity index (χ1) is 15.3. The van der Waals surface area contributed by atoms with Crippen molar-refractivity contribution < 1.29 is 14.4 Å². The van der Waals surface area contributed by atoms with E-state index in [0.29, 0.717) is 18.5 Å². The minimum absolute atomic E-state index is 0.0581. The van der Waals surface area contributed by atoms with Gasteiger partial charge in [-0.25, -0.2) is 4.79 Å². The Bertz CT molecular complexity index is 1160. The predicted molar refractivity (Wildman–Crippen MR) is 123 cm³/mol. The lowest BCUT2D eigenvalue weighted by Crippen LogP contribution is -2.41. The summed E-state index contributed by atoms with van der Waals surface area (Å²) < 4.78 is 1.26. The molecule has 1 fully saturated rings. The fraction of sp³-hybridized carbons (Fsp3) is 0.381. The number of anilines is 2. The second-order valence-electron chi connectivity index (χ2n) is 7.28. The summed E-state index contributed by atoms with van der Waals surface area (Å²) in [4.78, 5) is 66.4. The molecule has 2 aromatic rings. The van der Waals surface area contributed by atoms with E-state index in [9.17, 15) is 24.0 Å². The molecule has 2 heterocycles. The normalized spacial score (nSPS) is 13.6. The Morgan fingerprint density at radius 3 is 2.59 bits per heavy atom. The number of hydrogen-bond donors (Lipinski definition) is 2. The number of imide groups is 1. The van der Waals surface area contributed by atoms with Crippen LogP contribution in [0.4, 0.5) is 16.3 Å². The van der Waals surface area contributed by atoms with Crippen molar-refractivity contribution in [2.75, 3.05) is 22.9 Å². The highest BCUT2D eigenvalue weighted by Gasteiger charge is 2.30. The molecule has 1 aliphatic heterocycles. The van der Waals surface area contributed by atoms with Crippen LogP contribution in [0.2, 0.25) is 0 Å². The number of amides is 3. The molecule has 1 aromatic heterocycles. The van der Waals surface area contributed by atoms with Crippen LogP contribution in [-0.2, 0) is 17.9 Å². The number of aromatic amines is 1. The number of unbranched alkanes of at least 4 members (excludes halogenated alkanes) is 1. The zero-order valence-corrected chi connectivity index (χ0v) is 18.7. The van der Waals surface area contributed by atoms with Gasteiger partial charge in [0, 0.05) is 18.7 Å². The van der Waals surface area contributed by atoms with Crippen LogP contribution in [0.5, 0.6) is 0 Å². The van der Waals surface area contributed by atoms with Crippen LogP contribution < -0.4 is 21.9 Å². The van der Waals surface area contributed by atoms with E-state index in [-0.39, 0.29) is 47.1 Å². The summed E-state index contributed by atoms with van der Waals surface area (Å²) in [6.07, 6.45) is 1.51. The smallest absolute Gasteiger partial charge is 0.330 e. The molecule has 1 aliphatic rings. The van der Waals surface area contributed by atoms with Crippen molar-refractivity contribution in [2.24, 2.45) is 0 Å². The van der Waals surface area contributed by atoms with Gasteiger partial charge >= 0.3 is 5.69 Å². The third-order valence-corrected chi connectivity index (χ3v) is 5.99. The van der Waals surface area contributed by atoms with Crippen LogP contribution in [0, 0.1) is 0 Å². The van der Waals surface area contributed by atoms with Crippen molar-refractivity contribution in [1.82, 2.24) is 14.5 Å². The van der Waals surface area contributed by atoms with Gasteiger partial charge < -0.3 is 10.6 Å². The SMILES string of the molecule is CCCCn1c(N)c(N(CC)C(=O)c2cccc(CN3C(=O)CSC3=O)c2)c(=O)[nH]c1=O. The fourth-order valence-corrected chi connectivity index (χ4v) is 4.18. The molecule has 3 rings (SSSR count). The molecule has 32 heavy (non-hydrogen) atoms. The number of H-pyrrole nitrogens is 1. The summed E-state index contributed by atoms with van der Waals surface area (Å²) in [5.74, 6) is -0.721. The number of nitrogen functional groups attached to an aromatic ring is 1. The number of rotatable bonds is 8. The molecular formula is C21H25N5O5S. The van der Waals surface area contributed by atoms with E-state index in [1.54, 1.807) is 31.2 Å². The number of nitrogens with zero attached hydrogens (tertiary/aromatic N) is 3. The molecule has 10 nitrogen and oxygen atoms in total. The van der Waals surface area contributed by atoms with Crippen molar-refractivity contribution >= 4 is 40.3 Å². The van der Waals surface area contributed by atoms with Gasteiger partial charge in [0.15, 0.2) is 5.69 Å². The maximum atomic E-state index is 13.3. The Balaban J connectivity index is 1.95. The van der Waals surface area contributed by atoms with Gasteiger partial charge in [-0.1, -0.05) is 37.2 Å². The largest absolute Gasteiger partial charge is 0.383 e. The van der Waals surface area contributed by atoms with Crippen molar-refractivity contribution in [3.05, 3.63) is 56.2 Å². The molecule has 3 N–H and O–H groups in total. The first kappa shape index (κ1) is 23.3. The van der Waals surface area contributed by atoms with Crippen molar-refractivity contribution in [3.63, 3.8) is 0 Å². The van der Waals surface area contributed by atoms with E-state index in [1.807, 2.05) is 6.92 Å². The summed E-state index contributed by atoms with van der Waals surface area (Å²) in [5.41, 5.74) is 5.58. The molecule has 1 saturated heterocycles. The van der Waals surface area contributed by atoms with Crippen LogP contribution >= 0.6 is 11.8 Å². The molecule has 0 atom stereocenters. The summed E-state index contributed by atoms with van der Waals surface area (Å²) in [6.45, 7) is 4.18. The van der Waals surface area contributed by atoms with E-state index >= 15 is 0 Å². The molecule has 0 bridgehead atoms. The van der Waals surface area contributed by atoms with E-state index in [2.05, 4.69) is 4.98 Å². The van der Waals surface area contributed by atoms with Gasteiger partial charge in [0.2, 0.25) is 5.91 Å². The minimum Gasteiger partial charge on any atom is -0.383 e. The Kier molecular flexibility index (Phi) is 7.18. The average molecular weight is 460 g/mol. The number of nitrogens with one attached hydrogen (secondary N) is 1. The zero-order valence-electron chi connectivity index (χ0n) is 17.9. The molecular weight excluding hydrogens is 434 g/mol. The minimum atomic E-state index is -0.739. The molecule has 0 aliphatic carbocycles. The van der Waals surface area contributed by atoms with Crippen molar-refractivity contribution in [2.45, 2.75) is 39.8 Å². The number of thioether (sulfide) groups is 1. The first-order valence-electron chi connectivity index (χ1n) is 10.3. The highest BCUT2D eigenvalue weighted by atomic mass is 32.2. The molecule has 3 amide bonds. The Labute approximate surface area is 188 Å². The summed E-state index contributed by atoms with van der Waals surface area (Å²) in [5, 5.41) is -0.324. The Morgan fingerprint density at radius 2 is 1.97 bits per heavy atom. The fourth-order valence-electron chi connectivity index (χ4n) is 3.45. The van der Waals surface area contributed by atoms with Gasteiger partial charge in [-0.15, -0.1) is 0 Å². The maximum absolute atomic E-state index is 13.3. The summed E-state index contributed by atoms with van der Waals surface area (Å²) in [6, 6.07) is 6.51. The van der Waals surface area contributed by atoms with Crippen LogP contribution in [-0.4, -0.2) is 43.8 Å². The molecule has 0 spiro atoms. The lowest BCUT2D eigenvalue weighted by molar-refractivity contribution is -0.125. The van der Waals surface area contributed by atoms with Gasteiger partial charge in [-0.3, -0.25) is 33.6 Å². The molecule has 11 heteroatoms. The summed E-state index contributed by atoms with van der Waals surface area (Å²) >= 11 is 0.943. The molecule has 170 valence electrons. The third-order valence-electron chi connectivity index (χ3n) is 5.14. The van der Waals surface area contributed by atoms with E-state index in [1.165, 1.54) is 9.47 Å². The lowest BCUT2D eigenvalue weighted by Gasteiger charge is -2.23. The predicted octanol–water partition coefficient (Wildman–Crippen LogP) is 1.78. The van der Waals surface area contributed by atoms with Crippen LogP contribution in [0.1, 0.15) is 42.6 Å². The molecule has 0 saturated carbocycles. The number of nitrogens with two attached hydrogens (primary N) is 1. The Morgan fingerprint density at radius 1 is 1.22 bits per heavy atom. The van der Waals surface area contributed by atoms with E-state index in [4.69, 9.17) is 5.73 Å². The topological polar surface area (TPSA) is 139 Å². The number of aromatic nitrogens is 2. The van der Waals surface area contributed by atoms with Crippen molar-refractivity contribution in [1.29, 1.82) is 0 Å². The van der Waals surface area contributed by atoms with Crippen molar-refractivity contribution in [3.8, 4) is 0 Å². The number of benzene rings is 1. The lowest BCUT2D eigenvalue weighted by atomic mass is 10.1. The highest BCUT2D eigenvalue weighted by molar-refractivity contribution is 8.14. The second-order valence-corrected chi connectivity index (χ2v) is 8.21. The van der Waals surface area contributed by atoms with E-state index in [0.717, 1.165) is 23.1 Å². The number of carbonyl (C=O) groups excluding carboxylic acids is 3. The molecule has 1 aromatic carbocycles. The van der Waals surface area contributed by atoms with E-state index < -0.39 is 17.2 Å². The Hall–Kier alpha value is -3.34. The second kappa shape index (κ2) is 9.86.